The highest BCUT2D eigenvalue weighted by atomic mass is 32.2. The van der Waals surface area contributed by atoms with E-state index in [4.69, 9.17) is 9.47 Å². The Morgan fingerprint density at radius 2 is 1.78 bits per heavy atom. The number of likely N-dealkylation sites (tertiary alicyclic amines) is 1. The highest BCUT2D eigenvalue weighted by molar-refractivity contribution is 7.93. The van der Waals surface area contributed by atoms with Gasteiger partial charge in [0.15, 0.2) is 0 Å². The number of sulfonamides is 1. The lowest BCUT2D eigenvalue weighted by atomic mass is 9.97. The molecule has 202 valence electrons. The van der Waals surface area contributed by atoms with Crippen LogP contribution in [0.25, 0.3) is 0 Å². The molecule has 1 aliphatic rings. The van der Waals surface area contributed by atoms with Gasteiger partial charge in [-0.3, -0.25) is 13.9 Å². The highest BCUT2D eigenvalue weighted by Crippen LogP contribution is 2.35. The largest absolute Gasteiger partial charge is 0.495 e. The van der Waals surface area contributed by atoms with Gasteiger partial charge >= 0.3 is 12.1 Å². The summed E-state index contributed by atoms with van der Waals surface area (Å²) < 4.78 is 78.8. The van der Waals surface area contributed by atoms with Crippen molar-refractivity contribution in [1.82, 2.24) is 4.90 Å². The number of halogens is 3. The Bertz CT molecular complexity index is 1240. The summed E-state index contributed by atoms with van der Waals surface area (Å²) in [5, 5.41) is 0. The number of nitrogens with zero attached hydrogens (tertiary/aromatic N) is 2. The lowest BCUT2D eigenvalue weighted by molar-refractivity contribution is -0.151. The van der Waals surface area contributed by atoms with Crippen molar-refractivity contribution in [3.8, 4) is 5.75 Å². The van der Waals surface area contributed by atoms with Crippen LogP contribution in [0.1, 0.15) is 30.9 Å². The van der Waals surface area contributed by atoms with Gasteiger partial charge in [-0.05, 0) is 62.6 Å². The van der Waals surface area contributed by atoms with E-state index >= 15 is 0 Å². The van der Waals surface area contributed by atoms with Gasteiger partial charge in [-0.15, -0.1) is 0 Å². The number of hydrogen-bond donors (Lipinski definition) is 0. The Morgan fingerprint density at radius 3 is 2.38 bits per heavy atom. The van der Waals surface area contributed by atoms with Crippen molar-refractivity contribution < 1.29 is 40.7 Å². The quantitative estimate of drug-likeness (QED) is 0.468. The van der Waals surface area contributed by atoms with Crippen molar-refractivity contribution in [2.75, 3.05) is 37.7 Å². The van der Waals surface area contributed by atoms with Crippen LogP contribution in [-0.2, 0) is 30.5 Å². The van der Waals surface area contributed by atoms with E-state index in [1.165, 1.54) is 30.2 Å². The van der Waals surface area contributed by atoms with Crippen LogP contribution in [0.5, 0.6) is 5.75 Å². The monoisotopic (exact) mass is 542 g/mol. The number of carbonyl (C=O) groups excluding carboxylic acids is 2. The van der Waals surface area contributed by atoms with E-state index in [0.717, 1.165) is 12.1 Å². The number of ether oxygens (including phenoxy) is 2. The molecule has 0 atom stereocenters. The molecular formula is C25H29F3N2O6S. The molecule has 2 aromatic carbocycles. The SMILES string of the molecule is CCOC(=O)C1CCN(C(=O)CN(c2cccc(C(F)(F)F)c2)S(=O)(=O)c2cc(C)ccc2OC)CC1. The molecule has 0 aromatic heterocycles. The Morgan fingerprint density at radius 1 is 1.11 bits per heavy atom. The van der Waals surface area contributed by atoms with Gasteiger partial charge in [-0.2, -0.15) is 13.2 Å². The van der Waals surface area contributed by atoms with E-state index in [1.807, 2.05) is 0 Å². The zero-order valence-corrected chi connectivity index (χ0v) is 21.6. The first-order chi connectivity index (χ1) is 17.4. The van der Waals surface area contributed by atoms with Gasteiger partial charge in [0.25, 0.3) is 10.0 Å². The van der Waals surface area contributed by atoms with Crippen LogP contribution in [-0.4, -0.2) is 58.5 Å². The number of amides is 1. The summed E-state index contributed by atoms with van der Waals surface area (Å²) in [5.74, 6) is -1.33. The number of carbonyl (C=O) groups is 2. The summed E-state index contributed by atoms with van der Waals surface area (Å²) in [6.07, 6.45) is -4.04. The van der Waals surface area contributed by atoms with Gasteiger partial charge in [0, 0.05) is 13.1 Å². The van der Waals surface area contributed by atoms with Gasteiger partial charge < -0.3 is 14.4 Å². The van der Waals surface area contributed by atoms with Gasteiger partial charge in [-0.1, -0.05) is 12.1 Å². The summed E-state index contributed by atoms with van der Waals surface area (Å²) in [7, 11) is -3.25. The third kappa shape index (κ3) is 6.54. The molecule has 1 aliphatic heterocycles. The number of hydrogen-bond acceptors (Lipinski definition) is 6. The van der Waals surface area contributed by atoms with E-state index in [-0.39, 0.29) is 47.9 Å². The van der Waals surface area contributed by atoms with Crippen molar-refractivity contribution in [1.29, 1.82) is 0 Å². The molecule has 3 rings (SSSR count). The van der Waals surface area contributed by atoms with Crippen LogP contribution < -0.4 is 9.04 Å². The summed E-state index contributed by atoms with van der Waals surface area (Å²) in [6.45, 7) is 3.24. The van der Waals surface area contributed by atoms with Crippen molar-refractivity contribution in [3.05, 3.63) is 53.6 Å². The highest BCUT2D eigenvalue weighted by Gasteiger charge is 2.36. The molecule has 12 heteroatoms. The van der Waals surface area contributed by atoms with Crippen LogP contribution in [0.3, 0.4) is 0 Å². The Kier molecular flexibility index (Phi) is 8.72. The maximum atomic E-state index is 13.8. The average molecular weight is 543 g/mol. The number of alkyl halides is 3. The topological polar surface area (TPSA) is 93.2 Å². The van der Waals surface area contributed by atoms with Crippen LogP contribution >= 0.6 is 0 Å². The molecule has 0 unspecified atom stereocenters. The van der Waals surface area contributed by atoms with Crippen LogP contribution in [0, 0.1) is 12.8 Å². The molecular weight excluding hydrogens is 513 g/mol. The zero-order valence-electron chi connectivity index (χ0n) is 20.7. The normalized spacial score (nSPS) is 14.8. The van der Waals surface area contributed by atoms with Crippen LogP contribution in [0.2, 0.25) is 0 Å². The molecule has 37 heavy (non-hydrogen) atoms. The Labute approximate surface area is 214 Å². The molecule has 0 radical (unpaired) electrons. The standard InChI is InChI=1S/C25H29F3N2O6S/c1-4-36-24(32)18-10-12-29(13-11-18)23(31)16-30(20-7-5-6-19(15-20)25(26,27)28)37(33,34)22-14-17(2)8-9-21(22)35-3/h5-9,14-15,18H,4,10-13,16H2,1-3H3. The zero-order chi connectivity index (χ0) is 27.4. The lowest BCUT2D eigenvalue weighted by Crippen LogP contribution is -2.46. The van der Waals surface area contributed by atoms with E-state index in [1.54, 1.807) is 19.9 Å². The minimum Gasteiger partial charge on any atom is -0.495 e. The maximum Gasteiger partial charge on any atom is 0.416 e. The van der Waals surface area contributed by atoms with Gasteiger partial charge in [0.1, 0.15) is 17.2 Å². The number of piperidine rings is 1. The van der Waals surface area contributed by atoms with Gasteiger partial charge in [0.2, 0.25) is 5.91 Å². The number of anilines is 1. The van der Waals surface area contributed by atoms with Crippen LogP contribution in [0.4, 0.5) is 18.9 Å². The molecule has 8 nitrogen and oxygen atoms in total. The molecule has 0 saturated carbocycles. The first kappa shape index (κ1) is 28.3. The minimum atomic E-state index is -4.72. The summed E-state index contributed by atoms with van der Waals surface area (Å²) in [5.41, 5.74) is -0.784. The summed E-state index contributed by atoms with van der Waals surface area (Å²) in [6, 6.07) is 8.21. The molecule has 2 aromatic rings. The van der Waals surface area contributed by atoms with E-state index in [9.17, 15) is 31.2 Å². The Hall–Kier alpha value is -3.28. The molecule has 0 N–H and O–H groups in total. The predicted molar refractivity (Wildman–Crippen MR) is 130 cm³/mol. The van der Waals surface area contributed by atoms with Gasteiger partial charge in [0.05, 0.1) is 30.9 Å². The predicted octanol–water partition coefficient (Wildman–Crippen LogP) is 4.02. The van der Waals surface area contributed by atoms with E-state index in [0.29, 0.717) is 28.8 Å². The third-order valence-electron chi connectivity index (χ3n) is 6.10. The van der Waals surface area contributed by atoms with Gasteiger partial charge in [-0.25, -0.2) is 8.42 Å². The second kappa shape index (κ2) is 11.4. The molecule has 1 saturated heterocycles. The molecule has 1 amide bonds. The number of rotatable bonds is 8. The lowest BCUT2D eigenvalue weighted by Gasteiger charge is -2.33. The first-order valence-electron chi connectivity index (χ1n) is 11.7. The summed E-state index contributed by atoms with van der Waals surface area (Å²) in [4.78, 5) is 26.4. The summed E-state index contributed by atoms with van der Waals surface area (Å²) >= 11 is 0. The van der Waals surface area contributed by atoms with E-state index < -0.39 is 34.2 Å². The number of methoxy groups -OCH3 is 1. The van der Waals surface area contributed by atoms with Crippen LogP contribution in [0.15, 0.2) is 47.4 Å². The first-order valence-corrected chi connectivity index (χ1v) is 13.1. The van der Waals surface area contributed by atoms with Crippen molar-refractivity contribution in [2.45, 2.75) is 37.8 Å². The molecule has 0 aliphatic carbocycles. The number of esters is 1. The minimum absolute atomic E-state index is 0.00900. The maximum absolute atomic E-state index is 13.8. The van der Waals surface area contributed by atoms with Crippen molar-refractivity contribution >= 4 is 27.6 Å². The van der Waals surface area contributed by atoms with Crippen molar-refractivity contribution in [2.24, 2.45) is 5.92 Å². The fourth-order valence-corrected chi connectivity index (χ4v) is 5.75. The molecule has 1 heterocycles. The molecule has 1 fully saturated rings. The van der Waals surface area contributed by atoms with E-state index in [2.05, 4.69) is 0 Å². The fourth-order valence-electron chi connectivity index (χ4n) is 4.10. The Balaban J connectivity index is 1.97. The second-order valence-corrected chi connectivity index (χ2v) is 10.5. The second-order valence-electron chi connectivity index (χ2n) is 8.62. The third-order valence-corrected chi connectivity index (χ3v) is 7.89. The fraction of sp³-hybridized carbons (Fsp3) is 0.440. The average Bonchev–Trinajstić information content (AvgIpc) is 2.86. The molecule has 0 spiro atoms. The number of aryl methyl sites for hydroxylation is 1. The smallest absolute Gasteiger partial charge is 0.416 e. The van der Waals surface area contributed by atoms with Crippen molar-refractivity contribution in [3.63, 3.8) is 0 Å². The number of benzene rings is 2. The molecule has 0 bridgehead atoms.